The molecule has 1 heterocycles. The fourth-order valence-corrected chi connectivity index (χ4v) is 2.55. The molecule has 90 valence electrons. The molecular weight excluding hydrogens is 210 g/mol. The number of hydrogen-bond donors (Lipinski definition) is 1. The Hall–Kier alpha value is -1.37. The van der Waals surface area contributed by atoms with Crippen molar-refractivity contribution in [2.45, 2.75) is 31.5 Å². The van der Waals surface area contributed by atoms with Crippen molar-refractivity contribution in [3.8, 4) is 6.07 Å². The average Bonchev–Trinajstić information content (AvgIpc) is 2.68. The predicted octanol–water partition coefficient (Wildman–Crippen LogP) is 1.76. The van der Waals surface area contributed by atoms with Gasteiger partial charge in [0.05, 0.1) is 6.07 Å². The molecule has 0 saturated carbocycles. The van der Waals surface area contributed by atoms with E-state index in [2.05, 4.69) is 47.5 Å². The van der Waals surface area contributed by atoms with E-state index in [1.54, 1.807) is 0 Å². The largest absolute Gasteiger partial charge is 0.301 e. The van der Waals surface area contributed by atoms with Gasteiger partial charge >= 0.3 is 0 Å². The van der Waals surface area contributed by atoms with Crippen LogP contribution in [-0.2, 0) is 6.54 Å². The molecule has 3 heteroatoms. The van der Waals surface area contributed by atoms with Crippen LogP contribution < -0.4 is 5.32 Å². The maximum Gasteiger partial charge on any atom is 0.120 e. The van der Waals surface area contributed by atoms with Gasteiger partial charge in [0.25, 0.3) is 0 Å². The van der Waals surface area contributed by atoms with Crippen molar-refractivity contribution in [1.82, 2.24) is 10.2 Å². The van der Waals surface area contributed by atoms with Gasteiger partial charge < -0.3 is 5.32 Å². The number of hydrogen-bond acceptors (Lipinski definition) is 3. The zero-order valence-corrected chi connectivity index (χ0v) is 10.5. The van der Waals surface area contributed by atoms with Gasteiger partial charge in [0, 0.05) is 19.1 Å². The fourth-order valence-electron chi connectivity index (χ4n) is 2.55. The standard InChI is InChI=1S/C14H19N3/c1-12-8-14(10-15,16-2)11-17(12)9-13-6-4-3-5-7-13/h3-7,12,16H,8-9,11H2,1-2H3. The Morgan fingerprint density at radius 1 is 1.47 bits per heavy atom. The summed E-state index contributed by atoms with van der Waals surface area (Å²) >= 11 is 0. The Morgan fingerprint density at radius 3 is 2.71 bits per heavy atom. The van der Waals surface area contributed by atoms with Crippen LogP contribution in [0.5, 0.6) is 0 Å². The second kappa shape index (κ2) is 4.87. The highest BCUT2D eigenvalue weighted by Crippen LogP contribution is 2.27. The highest BCUT2D eigenvalue weighted by molar-refractivity contribution is 5.18. The van der Waals surface area contributed by atoms with Crippen molar-refractivity contribution in [2.75, 3.05) is 13.6 Å². The summed E-state index contributed by atoms with van der Waals surface area (Å²) in [5, 5.41) is 12.4. The van der Waals surface area contributed by atoms with Crippen LogP contribution in [0.2, 0.25) is 0 Å². The van der Waals surface area contributed by atoms with Gasteiger partial charge in [0.2, 0.25) is 0 Å². The number of rotatable bonds is 3. The first-order chi connectivity index (χ1) is 8.19. The number of likely N-dealkylation sites (tertiary alicyclic amines) is 1. The van der Waals surface area contributed by atoms with E-state index in [9.17, 15) is 5.26 Å². The Morgan fingerprint density at radius 2 is 2.18 bits per heavy atom. The number of nitrogens with one attached hydrogen (secondary N) is 1. The highest BCUT2D eigenvalue weighted by Gasteiger charge is 2.41. The zero-order valence-electron chi connectivity index (χ0n) is 10.5. The molecule has 17 heavy (non-hydrogen) atoms. The summed E-state index contributed by atoms with van der Waals surface area (Å²) in [6.45, 7) is 3.92. The van der Waals surface area contributed by atoms with E-state index in [-0.39, 0.29) is 5.54 Å². The first kappa shape index (κ1) is 12.1. The Bertz CT molecular complexity index is 409. The first-order valence-corrected chi connectivity index (χ1v) is 6.07. The molecule has 1 aliphatic rings. The van der Waals surface area contributed by atoms with Crippen molar-refractivity contribution in [3.63, 3.8) is 0 Å². The highest BCUT2D eigenvalue weighted by atomic mass is 15.2. The molecule has 2 unspecified atom stereocenters. The monoisotopic (exact) mass is 229 g/mol. The van der Waals surface area contributed by atoms with Crippen LogP contribution in [0, 0.1) is 11.3 Å². The van der Waals surface area contributed by atoms with Crippen LogP contribution in [0.4, 0.5) is 0 Å². The quantitative estimate of drug-likeness (QED) is 0.858. The van der Waals surface area contributed by atoms with Crippen molar-refractivity contribution >= 4 is 0 Å². The lowest BCUT2D eigenvalue weighted by molar-refractivity contribution is 0.253. The minimum atomic E-state index is -0.367. The lowest BCUT2D eigenvalue weighted by Gasteiger charge is -2.22. The SMILES string of the molecule is CNC1(C#N)CC(C)N(Cc2ccccc2)C1. The second-order valence-corrected chi connectivity index (χ2v) is 4.89. The average molecular weight is 229 g/mol. The van der Waals surface area contributed by atoms with Crippen molar-refractivity contribution in [3.05, 3.63) is 35.9 Å². The zero-order chi connectivity index (χ0) is 12.3. The van der Waals surface area contributed by atoms with Crippen molar-refractivity contribution < 1.29 is 0 Å². The van der Waals surface area contributed by atoms with Crippen LogP contribution in [0.3, 0.4) is 0 Å². The molecule has 0 spiro atoms. The molecule has 2 rings (SSSR count). The van der Waals surface area contributed by atoms with Crippen LogP contribution in [0.15, 0.2) is 30.3 Å². The molecule has 0 bridgehead atoms. The Kier molecular flexibility index (Phi) is 3.46. The lowest BCUT2D eigenvalue weighted by atomic mass is 9.99. The third kappa shape index (κ3) is 2.49. The molecule has 1 aromatic rings. The van der Waals surface area contributed by atoms with Crippen LogP contribution in [0.1, 0.15) is 18.9 Å². The van der Waals surface area contributed by atoms with Gasteiger partial charge in [-0.2, -0.15) is 5.26 Å². The van der Waals surface area contributed by atoms with Gasteiger partial charge in [-0.05, 0) is 26.0 Å². The van der Waals surface area contributed by atoms with Gasteiger partial charge in [-0.15, -0.1) is 0 Å². The van der Waals surface area contributed by atoms with E-state index in [0.717, 1.165) is 19.5 Å². The lowest BCUT2D eigenvalue weighted by Crippen LogP contribution is -2.43. The normalized spacial score (nSPS) is 29.1. The van der Waals surface area contributed by atoms with Crippen LogP contribution >= 0.6 is 0 Å². The number of benzene rings is 1. The smallest absolute Gasteiger partial charge is 0.120 e. The van der Waals surface area contributed by atoms with Crippen molar-refractivity contribution in [1.29, 1.82) is 5.26 Å². The summed E-state index contributed by atoms with van der Waals surface area (Å²) in [4.78, 5) is 2.37. The summed E-state index contributed by atoms with van der Waals surface area (Å²) in [5.74, 6) is 0. The van der Waals surface area contributed by atoms with E-state index >= 15 is 0 Å². The third-order valence-corrected chi connectivity index (χ3v) is 3.66. The molecular formula is C14H19N3. The molecule has 1 aliphatic heterocycles. The summed E-state index contributed by atoms with van der Waals surface area (Å²) in [6, 6.07) is 13.3. The third-order valence-electron chi connectivity index (χ3n) is 3.66. The van der Waals surface area contributed by atoms with E-state index in [0.29, 0.717) is 6.04 Å². The first-order valence-electron chi connectivity index (χ1n) is 6.07. The maximum absolute atomic E-state index is 9.28. The minimum absolute atomic E-state index is 0.367. The molecule has 1 saturated heterocycles. The van der Waals surface area contributed by atoms with Gasteiger partial charge in [0.1, 0.15) is 5.54 Å². The summed E-state index contributed by atoms with van der Waals surface area (Å²) in [5.41, 5.74) is 0.943. The molecule has 1 fully saturated rings. The van der Waals surface area contributed by atoms with Crippen LogP contribution in [0.25, 0.3) is 0 Å². The van der Waals surface area contributed by atoms with E-state index in [4.69, 9.17) is 0 Å². The van der Waals surface area contributed by atoms with Gasteiger partial charge in [-0.3, -0.25) is 4.90 Å². The van der Waals surface area contributed by atoms with Crippen molar-refractivity contribution in [2.24, 2.45) is 0 Å². The molecule has 0 radical (unpaired) electrons. The van der Waals surface area contributed by atoms with Gasteiger partial charge in [-0.25, -0.2) is 0 Å². The summed E-state index contributed by atoms with van der Waals surface area (Å²) in [6.07, 6.45) is 0.896. The minimum Gasteiger partial charge on any atom is -0.301 e. The van der Waals surface area contributed by atoms with Gasteiger partial charge in [-0.1, -0.05) is 30.3 Å². The van der Waals surface area contributed by atoms with Gasteiger partial charge in [0.15, 0.2) is 0 Å². The van der Waals surface area contributed by atoms with E-state index in [1.165, 1.54) is 5.56 Å². The van der Waals surface area contributed by atoms with Crippen LogP contribution in [-0.4, -0.2) is 30.1 Å². The molecule has 0 amide bonds. The Labute approximate surface area is 103 Å². The molecule has 3 nitrogen and oxygen atoms in total. The molecule has 0 aromatic heterocycles. The summed E-state index contributed by atoms with van der Waals surface area (Å²) in [7, 11) is 1.88. The fraction of sp³-hybridized carbons (Fsp3) is 0.500. The second-order valence-electron chi connectivity index (χ2n) is 4.89. The molecule has 1 N–H and O–H groups in total. The Balaban J connectivity index is 2.07. The molecule has 1 aromatic carbocycles. The maximum atomic E-state index is 9.28. The number of likely N-dealkylation sites (N-methyl/N-ethyl adjacent to an activating group) is 1. The predicted molar refractivity (Wildman–Crippen MR) is 68.3 cm³/mol. The number of nitrogens with zero attached hydrogens (tertiary/aromatic N) is 2. The topological polar surface area (TPSA) is 39.1 Å². The molecule has 0 aliphatic carbocycles. The van der Waals surface area contributed by atoms with E-state index in [1.807, 2.05) is 13.1 Å². The van der Waals surface area contributed by atoms with E-state index < -0.39 is 0 Å². The summed E-state index contributed by atoms with van der Waals surface area (Å²) < 4.78 is 0. The molecule has 2 atom stereocenters. The number of nitriles is 1.